The molecule has 0 aliphatic rings. The fraction of sp³-hybridized carbons (Fsp3) is 0.0625. The van der Waals surface area contributed by atoms with Crippen molar-refractivity contribution in [2.45, 2.75) is 6.54 Å². The average molecular weight is 440 g/mol. The molecule has 0 saturated carbocycles. The SMILES string of the molecule is O=C(Cn1cnc2ncncc21)Nc1nc(-c2cc(Cl)c(Cl)cc2Cl)cs1. The summed E-state index contributed by atoms with van der Waals surface area (Å²) in [5.41, 5.74) is 2.44. The van der Waals surface area contributed by atoms with E-state index in [2.05, 4.69) is 25.3 Å². The number of rotatable bonds is 4. The molecule has 1 N–H and O–H groups in total. The number of benzene rings is 1. The number of hydrogen-bond acceptors (Lipinski definition) is 6. The summed E-state index contributed by atoms with van der Waals surface area (Å²) in [6.07, 6.45) is 4.56. The minimum atomic E-state index is -0.251. The van der Waals surface area contributed by atoms with Gasteiger partial charge in [-0.25, -0.2) is 19.9 Å². The molecule has 3 heterocycles. The van der Waals surface area contributed by atoms with Crippen LogP contribution in [-0.4, -0.2) is 30.4 Å². The molecule has 3 aromatic heterocycles. The van der Waals surface area contributed by atoms with E-state index in [0.29, 0.717) is 42.6 Å². The number of imidazole rings is 1. The first-order valence-corrected chi connectivity index (χ1v) is 9.54. The highest BCUT2D eigenvalue weighted by molar-refractivity contribution is 7.14. The highest BCUT2D eigenvalue weighted by atomic mass is 35.5. The summed E-state index contributed by atoms with van der Waals surface area (Å²) in [6.45, 7) is 0.0618. The number of halogens is 3. The zero-order valence-corrected chi connectivity index (χ0v) is 16.4. The first-order valence-electron chi connectivity index (χ1n) is 7.52. The van der Waals surface area contributed by atoms with Gasteiger partial charge in [0.1, 0.15) is 18.4 Å². The number of fused-ring (bicyclic) bond motifs is 1. The summed E-state index contributed by atoms with van der Waals surface area (Å²) in [5.74, 6) is -0.251. The van der Waals surface area contributed by atoms with Crippen LogP contribution in [0.2, 0.25) is 15.1 Å². The van der Waals surface area contributed by atoms with Crippen LogP contribution in [0, 0.1) is 0 Å². The fourth-order valence-corrected chi connectivity index (χ4v) is 3.79. The van der Waals surface area contributed by atoms with Crippen LogP contribution in [0.1, 0.15) is 0 Å². The van der Waals surface area contributed by atoms with Crippen LogP contribution in [0.3, 0.4) is 0 Å². The van der Waals surface area contributed by atoms with Crippen LogP contribution < -0.4 is 5.32 Å². The van der Waals surface area contributed by atoms with E-state index >= 15 is 0 Å². The van der Waals surface area contributed by atoms with E-state index in [4.69, 9.17) is 34.8 Å². The van der Waals surface area contributed by atoms with Crippen molar-refractivity contribution >= 4 is 68.3 Å². The topological polar surface area (TPSA) is 85.6 Å². The van der Waals surface area contributed by atoms with Gasteiger partial charge in [-0.1, -0.05) is 34.8 Å². The number of thiazole rings is 1. The van der Waals surface area contributed by atoms with E-state index in [0.717, 1.165) is 0 Å². The van der Waals surface area contributed by atoms with Crippen LogP contribution >= 0.6 is 46.1 Å². The number of carbonyl (C=O) groups excluding carboxylic acids is 1. The van der Waals surface area contributed by atoms with Gasteiger partial charge in [0.15, 0.2) is 10.8 Å². The Morgan fingerprint density at radius 2 is 1.96 bits per heavy atom. The Morgan fingerprint density at radius 1 is 1.15 bits per heavy atom. The monoisotopic (exact) mass is 438 g/mol. The number of aromatic nitrogens is 5. The summed E-state index contributed by atoms with van der Waals surface area (Å²) in [6, 6.07) is 3.20. The van der Waals surface area contributed by atoms with Crippen LogP contribution in [-0.2, 0) is 11.3 Å². The molecule has 0 aliphatic carbocycles. The van der Waals surface area contributed by atoms with Gasteiger partial charge in [0.05, 0.1) is 33.3 Å². The second kappa shape index (κ2) is 7.40. The van der Waals surface area contributed by atoms with Gasteiger partial charge < -0.3 is 9.88 Å². The van der Waals surface area contributed by atoms with Gasteiger partial charge in [0.2, 0.25) is 5.91 Å². The van der Waals surface area contributed by atoms with E-state index < -0.39 is 0 Å². The molecule has 1 amide bonds. The Bertz CT molecular complexity index is 1160. The molecule has 4 aromatic rings. The lowest BCUT2D eigenvalue weighted by molar-refractivity contribution is -0.116. The summed E-state index contributed by atoms with van der Waals surface area (Å²) < 4.78 is 1.66. The van der Waals surface area contributed by atoms with Crippen molar-refractivity contribution in [3.63, 3.8) is 0 Å². The van der Waals surface area contributed by atoms with Gasteiger partial charge in [0.25, 0.3) is 0 Å². The molecule has 136 valence electrons. The molecule has 0 aliphatic heterocycles. The predicted molar refractivity (Wildman–Crippen MR) is 107 cm³/mol. The van der Waals surface area contributed by atoms with E-state index in [9.17, 15) is 4.79 Å². The van der Waals surface area contributed by atoms with Crippen molar-refractivity contribution in [2.24, 2.45) is 0 Å². The highest BCUT2D eigenvalue weighted by Crippen LogP contribution is 2.36. The maximum atomic E-state index is 12.3. The van der Waals surface area contributed by atoms with E-state index in [-0.39, 0.29) is 12.5 Å². The maximum absolute atomic E-state index is 12.3. The summed E-state index contributed by atoms with van der Waals surface area (Å²) in [7, 11) is 0. The van der Waals surface area contributed by atoms with Crippen molar-refractivity contribution in [1.82, 2.24) is 24.5 Å². The van der Waals surface area contributed by atoms with E-state index in [1.165, 1.54) is 17.7 Å². The van der Waals surface area contributed by atoms with Gasteiger partial charge in [-0.3, -0.25) is 4.79 Å². The lowest BCUT2D eigenvalue weighted by Crippen LogP contribution is -2.18. The zero-order valence-electron chi connectivity index (χ0n) is 13.4. The number of amides is 1. The third-order valence-corrected chi connectivity index (χ3v) is 5.44. The van der Waals surface area contributed by atoms with Crippen LogP contribution in [0.15, 0.2) is 36.4 Å². The van der Waals surface area contributed by atoms with Crippen LogP contribution in [0.5, 0.6) is 0 Å². The molecule has 0 radical (unpaired) electrons. The molecule has 0 saturated heterocycles. The number of nitrogens with zero attached hydrogens (tertiary/aromatic N) is 5. The van der Waals surface area contributed by atoms with Gasteiger partial charge in [-0.05, 0) is 12.1 Å². The van der Waals surface area contributed by atoms with Crippen LogP contribution in [0.25, 0.3) is 22.4 Å². The fourth-order valence-electron chi connectivity index (χ4n) is 2.42. The van der Waals surface area contributed by atoms with Crippen molar-refractivity contribution in [2.75, 3.05) is 5.32 Å². The Morgan fingerprint density at radius 3 is 2.81 bits per heavy atom. The Balaban J connectivity index is 1.51. The highest BCUT2D eigenvalue weighted by Gasteiger charge is 2.14. The molecule has 7 nitrogen and oxygen atoms in total. The second-order valence-electron chi connectivity index (χ2n) is 5.44. The zero-order chi connectivity index (χ0) is 19.0. The number of hydrogen-bond donors (Lipinski definition) is 1. The largest absolute Gasteiger partial charge is 0.318 e. The minimum Gasteiger partial charge on any atom is -0.318 e. The minimum absolute atomic E-state index is 0.0618. The molecule has 27 heavy (non-hydrogen) atoms. The molecular weight excluding hydrogens is 431 g/mol. The lowest BCUT2D eigenvalue weighted by Gasteiger charge is -2.05. The van der Waals surface area contributed by atoms with E-state index in [1.807, 2.05) is 0 Å². The molecule has 11 heteroatoms. The smallest absolute Gasteiger partial charge is 0.246 e. The number of carbonyl (C=O) groups is 1. The normalized spacial score (nSPS) is 11.1. The van der Waals surface area contributed by atoms with Crippen molar-refractivity contribution in [1.29, 1.82) is 0 Å². The first-order chi connectivity index (χ1) is 13.0. The van der Waals surface area contributed by atoms with E-state index in [1.54, 1.807) is 34.6 Å². The van der Waals surface area contributed by atoms with Gasteiger partial charge >= 0.3 is 0 Å². The Labute approximate surface area is 172 Å². The summed E-state index contributed by atoms with van der Waals surface area (Å²) in [4.78, 5) is 28.8. The molecular formula is C16H9Cl3N6OS. The standard InChI is InChI=1S/C16H9Cl3N6OS/c17-9-2-11(19)10(18)1-8(9)12-5-27-16(23-12)24-14(26)4-25-7-22-15-13(25)3-20-6-21-15/h1-3,5-7H,4H2,(H,23,24,26). The van der Waals surface area contributed by atoms with Crippen molar-refractivity contribution < 1.29 is 4.79 Å². The Kier molecular flexibility index (Phi) is 4.96. The lowest BCUT2D eigenvalue weighted by atomic mass is 10.2. The van der Waals surface area contributed by atoms with Crippen molar-refractivity contribution in [3.8, 4) is 11.3 Å². The first kappa shape index (κ1) is 18.1. The summed E-state index contributed by atoms with van der Waals surface area (Å²) in [5, 5.41) is 6.15. The summed E-state index contributed by atoms with van der Waals surface area (Å²) >= 11 is 19.5. The average Bonchev–Trinajstić information content (AvgIpc) is 3.26. The molecule has 0 atom stereocenters. The number of nitrogens with one attached hydrogen (secondary N) is 1. The molecule has 0 bridgehead atoms. The predicted octanol–water partition coefficient (Wildman–Crippen LogP) is 4.55. The molecule has 0 unspecified atom stereocenters. The Hall–Kier alpha value is -2.26. The molecule has 0 spiro atoms. The third-order valence-electron chi connectivity index (χ3n) is 3.65. The van der Waals surface area contributed by atoms with Gasteiger partial charge in [0, 0.05) is 10.9 Å². The molecule has 0 fully saturated rings. The second-order valence-corrected chi connectivity index (χ2v) is 7.52. The van der Waals surface area contributed by atoms with Gasteiger partial charge in [-0.2, -0.15) is 0 Å². The van der Waals surface area contributed by atoms with Gasteiger partial charge in [-0.15, -0.1) is 11.3 Å². The maximum Gasteiger partial charge on any atom is 0.246 e. The molecule has 1 aromatic carbocycles. The van der Waals surface area contributed by atoms with Crippen molar-refractivity contribution in [3.05, 3.63) is 51.4 Å². The van der Waals surface area contributed by atoms with Crippen LogP contribution in [0.4, 0.5) is 5.13 Å². The molecule has 4 rings (SSSR count). The number of anilines is 1. The third kappa shape index (κ3) is 3.74. The quantitative estimate of drug-likeness (QED) is 0.472.